The van der Waals surface area contributed by atoms with Gasteiger partial charge in [-0.25, -0.2) is 8.78 Å². The van der Waals surface area contributed by atoms with E-state index in [1.54, 1.807) is 18.5 Å². The van der Waals surface area contributed by atoms with Crippen LogP contribution in [0.25, 0.3) is 0 Å². The van der Waals surface area contributed by atoms with E-state index in [0.717, 1.165) is 54.6 Å². The first kappa shape index (κ1) is 35.6. The van der Waals surface area contributed by atoms with Crippen molar-refractivity contribution >= 4 is 23.1 Å². The maximum absolute atomic E-state index is 15.0. The van der Waals surface area contributed by atoms with Gasteiger partial charge in [0.15, 0.2) is 0 Å². The highest BCUT2D eigenvalue weighted by molar-refractivity contribution is 5.86. The van der Waals surface area contributed by atoms with Gasteiger partial charge in [0.05, 0.1) is 28.6 Å². The quantitative estimate of drug-likeness (QED) is 0.188. The number of rotatable bonds is 11. The minimum absolute atomic E-state index is 0.109. The number of ether oxygens (including phenoxy) is 1. The second-order valence-corrected chi connectivity index (χ2v) is 15.1. The molecule has 3 aromatic rings. The SMILES string of the molecule is C#Cc1c(F)ccc2c1N([C@@H]1CCc3c(nc(OC[C@]4(C)C[C@@H](F)CN4c4ccncc4)nc3NCC3(CNC(=O)C=C)CCCC3)C1)C[C@H](O)C2. The third kappa shape index (κ3) is 7.16. The molecule has 0 bridgehead atoms. The first-order valence-electron chi connectivity index (χ1n) is 18.3. The molecule has 4 atom stereocenters. The number of halogens is 2. The molecule has 12 heteroatoms. The van der Waals surface area contributed by atoms with Gasteiger partial charge in [-0.3, -0.25) is 9.78 Å². The number of nitrogens with zero attached hydrogens (tertiary/aromatic N) is 5. The van der Waals surface area contributed by atoms with Crippen LogP contribution in [0.4, 0.5) is 26.0 Å². The number of pyridine rings is 1. The molecule has 1 amide bonds. The van der Waals surface area contributed by atoms with E-state index in [1.165, 1.54) is 12.1 Å². The number of hydrogen-bond acceptors (Lipinski definition) is 9. The first-order chi connectivity index (χ1) is 25.1. The maximum Gasteiger partial charge on any atom is 0.318 e. The van der Waals surface area contributed by atoms with Gasteiger partial charge < -0.3 is 30.3 Å². The molecule has 1 saturated heterocycles. The number of aliphatic hydroxyl groups excluding tert-OH is 1. The van der Waals surface area contributed by atoms with Crippen LogP contribution in [0.3, 0.4) is 0 Å². The van der Waals surface area contributed by atoms with Crippen molar-refractivity contribution in [1.29, 1.82) is 0 Å². The zero-order valence-corrected chi connectivity index (χ0v) is 29.7. The van der Waals surface area contributed by atoms with Crippen LogP contribution in [0.1, 0.15) is 67.8 Å². The van der Waals surface area contributed by atoms with Crippen LogP contribution in [-0.2, 0) is 24.1 Å². The van der Waals surface area contributed by atoms with Crippen molar-refractivity contribution in [3.05, 3.63) is 77.5 Å². The summed E-state index contributed by atoms with van der Waals surface area (Å²) in [6, 6.07) is 6.92. The average Bonchev–Trinajstić information content (AvgIpc) is 3.75. The van der Waals surface area contributed by atoms with Crippen molar-refractivity contribution in [2.24, 2.45) is 5.41 Å². The summed E-state index contributed by atoms with van der Waals surface area (Å²) in [5.74, 6) is 2.59. The van der Waals surface area contributed by atoms with Crippen molar-refractivity contribution in [3.63, 3.8) is 0 Å². The molecule has 4 aliphatic rings. The number of nitrogens with one attached hydrogen (secondary N) is 2. The number of hydrogen-bond donors (Lipinski definition) is 3. The Hall–Kier alpha value is -4.76. The Bertz CT molecular complexity index is 1850. The van der Waals surface area contributed by atoms with Crippen LogP contribution >= 0.6 is 0 Å². The Morgan fingerprint density at radius 1 is 1.17 bits per heavy atom. The average molecular weight is 712 g/mol. The van der Waals surface area contributed by atoms with Crippen molar-refractivity contribution in [2.45, 2.75) is 88.6 Å². The molecule has 2 aliphatic heterocycles. The molecule has 274 valence electrons. The van der Waals surface area contributed by atoms with Crippen LogP contribution in [0.2, 0.25) is 0 Å². The number of carbonyl (C=O) groups is 1. The number of fused-ring (bicyclic) bond motifs is 2. The van der Waals surface area contributed by atoms with Crippen LogP contribution in [0.5, 0.6) is 6.01 Å². The molecule has 3 N–H and O–H groups in total. The van der Waals surface area contributed by atoms with E-state index < -0.39 is 23.6 Å². The molecule has 0 unspecified atom stereocenters. The zero-order valence-electron chi connectivity index (χ0n) is 29.7. The Balaban J connectivity index is 1.19. The highest BCUT2D eigenvalue weighted by Crippen LogP contribution is 2.41. The summed E-state index contributed by atoms with van der Waals surface area (Å²) in [5.41, 5.74) is 3.56. The molecule has 10 nitrogen and oxygen atoms in total. The first-order valence-corrected chi connectivity index (χ1v) is 18.3. The molecule has 0 spiro atoms. The van der Waals surface area contributed by atoms with E-state index >= 15 is 0 Å². The van der Waals surface area contributed by atoms with Gasteiger partial charge >= 0.3 is 6.01 Å². The molecule has 0 radical (unpaired) electrons. The summed E-state index contributed by atoms with van der Waals surface area (Å²) < 4.78 is 36.4. The molecule has 1 saturated carbocycles. The van der Waals surface area contributed by atoms with E-state index in [4.69, 9.17) is 21.1 Å². The predicted molar refractivity (Wildman–Crippen MR) is 197 cm³/mol. The van der Waals surface area contributed by atoms with E-state index in [0.29, 0.717) is 50.4 Å². The minimum atomic E-state index is -1.02. The maximum atomic E-state index is 15.0. The van der Waals surface area contributed by atoms with Crippen molar-refractivity contribution < 1.29 is 23.4 Å². The fourth-order valence-corrected chi connectivity index (χ4v) is 8.79. The molecule has 2 aliphatic carbocycles. The molecular formula is C40H47F2N7O3. The van der Waals surface area contributed by atoms with Gasteiger partial charge in [-0.2, -0.15) is 9.97 Å². The summed E-state index contributed by atoms with van der Waals surface area (Å²) in [4.78, 5) is 30.2. The number of anilines is 3. The molecular weight excluding hydrogens is 664 g/mol. The lowest BCUT2D eigenvalue weighted by molar-refractivity contribution is -0.116. The molecule has 2 aromatic heterocycles. The fourth-order valence-electron chi connectivity index (χ4n) is 8.79. The van der Waals surface area contributed by atoms with Crippen molar-refractivity contribution in [1.82, 2.24) is 20.3 Å². The van der Waals surface area contributed by atoms with E-state index in [9.17, 15) is 18.7 Å². The Morgan fingerprint density at radius 2 is 1.96 bits per heavy atom. The second-order valence-electron chi connectivity index (χ2n) is 15.1. The van der Waals surface area contributed by atoms with Crippen LogP contribution in [-0.4, -0.2) is 82.6 Å². The number of amides is 1. The lowest BCUT2D eigenvalue weighted by Gasteiger charge is -2.42. The molecule has 4 heterocycles. The van der Waals surface area contributed by atoms with Gasteiger partial charge in [0.2, 0.25) is 5.91 Å². The molecule has 52 heavy (non-hydrogen) atoms. The van der Waals surface area contributed by atoms with Crippen molar-refractivity contribution in [3.8, 4) is 18.4 Å². The Kier molecular flexibility index (Phi) is 10.1. The van der Waals surface area contributed by atoms with Gasteiger partial charge in [-0.05, 0) is 62.4 Å². The zero-order chi connectivity index (χ0) is 36.5. The van der Waals surface area contributed by atoms with Crippen LogP contribution in [0, 0.1) is 23.6 Å². The number of aromatic nitrogens is 3. The highest BCUT2D eigenvalue weighted by atomic mass is 19.1. The van der Waals surface area contributed by atoms with E-state index in [2.05, 4.69) is 33.0 Å². The van der Waals surface area contributed by atoms with E-state index in [1.807, 2.05) is 24.0 Å². The number of aliphatic hydroxyl groups is 1. The number of terminal acetylenes is 1. The second kappa shape index (κ2) is 14.7. The Morgan fingerprint density at radius 3 is 2.71 bits per heavy atom. The number of β-amino-alcohol motifs (C(OH)–C–C–N with tert-alkyl or cyclic N) is 1. The van der Waals surface area contributed by atoms with Gasteiger partial charge in [0.1, 0.15) is 24.4 Å². The summed E-state index contributed by atoms with van der Waals surface area (Å²) in [7, 11) is 0. The fraction of sp³-hybridized carbons (Fsp3) is 0.500. The number of benzene rings is 1. The van der Waals surface area contributed by atoms with E-state index in [-0.39, 0.29) is 48.5 Å². The highest BCUT2D eigenvalue weighted by Gasteiger charge is 2.44. The largest absolute Gasteiger partial charge is 0.461 e. The number of alkyl halides is 1. The van der Waals surface area contributed by atoms with Crippen LogP contribution < -0.4 is 25.2 Å². The monoisotopic (exact) mass is 711 g/mol. The van der Waals surface area contributed by atoms with Gasteiger partial charge in [0, 0.05) is 80.5 Å². The lowest BCUT2D eigenvalue weighted by atomic mass is 9.85. The normalized spacial score (nSPS) is 24.8. The molecule has 1 aromatic carbocycles. The third-order valence-electron chi connectivity index (χ3n) is 11.5. The lowest BCUT2D eigenvalue weighted by Crippen LogP contribution is -2.48. The van der Waals surface area contributed by atoms with Gasteiger partial charge in [-0.15, -0.1) is 6.42 Å². The van der Waals surface area contributed by atoms with Gasteiger partial charge in [0.25, 0.3) is 0 Å². The van der Waals surface area contributed by atoms with Crippen molar-refractivity contribution in [2.75, 3.05) is 47.9 Å². The summed E-state index contributed by atoms with van der Waals surface area (Å²) in [5, 5.41) is 17.5. The van der Waals surface area contributed by atoms with Gasteiger partial charge in [-0.1, -0.05) is 31.4 Å². The summed E-state index contributed by atoms with van der Waals surface area (Å²) in [6.45, 7) is 7.45. The Labute approximate surface area is 304 Å². The number of carbonyl (C=O) groups excluding carboxylic acids is 1. The third-order valence-corrected chi connectivity index (χ3v) is 11.5. The standard InChI is InChI=1S/C40H47F2N7O3/c1-4-31-33(42)11-8-26-18-30(50)22-48(36(26)31)29-9-10-32-34(19-29)46-38(47-37(32)45-24-40(14-6-7-15-40)23-44-35(51)5-2)52-25-39(3)20-27(41)21-49(39)28-12-16-43-17-13-28/h1,5,8,11-13,16-17,27,29-30,50H,2,6-7,9-10,14-15,18-25H2,3H3,(H,44,51)(H,45,46,47)/t27-,29-,30-,39+/m1/s1. The molecule has 2 fully saturated rings. The minimum Gasteiger partial charge on any atom is -0.461 e. The smallest absolute Gasteiger partial charge is 0.318 e. The predicted octanol–water partition coefficient (Wildman–Crippen LogP) is 4.93. The molecule has 7 rings (SSSR count). The topological polar surface area (TPSA) is 116 Å². The van der Waals surface area contributed by atoms with Crippen LogP contribution in [0.15, 0.2) is 49.3 Å². The summed E-state index contributed by atoms with van der Waals surface area (Å²) >= 11 is 0. The summed E-state index contributed by atoms with van der Waals surface area (Å²) in [6.07, 6.45) is 15.5.